The van der Waals surface area contributed by atoms with Gasteiger partial charge < -0.3 is 3.87 Å². The molecule has 0 saturated heterocycles. The molecule has 0 aliphatic carbocycles. The first kappa shape index (κ1) is 30.9. The SMILES string of the molecule is CCCCCCCCCCCCCCCCCCCC[Si](C)(C)OS(=O)(=O)C(F)(F)F. The van der Waals surface area contributed by atoms with Crippen molar-refractivity contribution < 1.29 is 25.5 Å². The highest BCUT2D eigenvalue weighted by atomic mass is 32.2. The van der Waals surface area contributed by atoms with Crippen LogP contribution in [-0.4, -0.2) is 22.2 Å². The van der Waals surface area contributed by atoms with E-state index in [0.717, 1.165) is 25.7 Å². The van der Waals surface area contributed by atoms with Crippen LogP contribution in [0, 0.1) is 0 Å². The largest absolute Gasteiger partial charge is 0.522 e. The summed E-state index contributed by atoms with van der Waals surface area (Å²) in [4.78, 5) is 0. The molecule has 0 N–H and O–H groups in total. The Morgan fingerprint density at radius 1 is 0.613 bits per heavy atom. The van der Waals surface area contributed by atoms with Crippen molar-refractivity contribution in [3.8, 4) is 0 Å². The van der Waals surface area contributed by atoms with Crippen molar-refractivity contribution in [2.24, 2.45) is 0 Å². The van der Waals surface area contributed by atoms with Crippen LogP contribution in [0.4, 0.5) is 13.2 Å². The van der Waals surface area contributed by atoms with E-state index >= 15 is 0 Å². The van der Waals surface area contributed by atoms with Gasteiger partial charge in [-0.2, -0.15) is 21.6 Å². The quantitative estimate of drug-likeness (QED) is 0.0919. The van der Waals surface area contributed by atoms with E-state index in [2.05, 4.69) is 10.8 Å². The summed E-state index contributed by atoms with van der Waals surface area (Å²) in [5.74, 6) is 0. The van der Waals surface area contributed by atoms with Crippen molar-refractivity contribution >= 4 is 18.4 Å². The van der Waals surface area contributed by atoms with Crippen LogP contribution in [0.5, 0.6) is 0 Å². The molecular weight excluding hydrogens is 441 g/mol. The minimum absolute atomic E-state index is 0.432. The molecule has 0 aliphatic rings. The van der Waals surface area contributed by atoms with E-state index in [0.29, 0.717) is 6.04 Å². The third-order valence-corrected chi connectivity index (χ3v) is 10.6. The standard InChI is InChI=1S/C23H47F3O3SSi/c1-4-5-6-7-8-9-10-11-12-13-14-15-16-17-18-19-20-21-22-31(2,3)29-30(27,28)23(24,25)26/h4-22H2,1-3H3. The molecule has 0 rings (SSSR count). The van der Waals surface area contributed by atoms with Crippen molar-refractivity contribution in [1.82, 2.24) is 0 Å². The zero-order chi connectivity index (χ0) is 23.6. The average Bonchev–Trinajstić information content (AvgIpc) is 2.65. The van der Waals surface area contributed by atoms with Crippen molar-refractivity contribution in [2.75, 3.05) is 0 Å². The van der Waals surface area contributed by atoms with Gasteiger partial charge in [0.2, 0.25) is 8.32 Å². The van der Waals surface area contributed by atoms with Gasteiger partial charge in [0, 0.05) is 0 Å². The maximum Gasteiger partial charge on any atom is 0.522 e. The molecule has 3 nitrogen and oxygen atoms in total. The first-order valence-corrected chi connectivity index (χ1v) is 17.1. The predicted octanol–water partition coefficient (Wildman–Crippen LogP) is 9.10. The smallest absolute Gasteiger partial charge is 0.308 e. The van der Waals surface area contributed by atoms with Gasteiger partial charge in [-0.05, 0) is 19.1 Å². The number of rotatable bonds is 21. The molecule has 0 atom stereocenters. The van der Waals surface area contributed by atoms with E-state index in [1.165, 1.54) is 103 Å². The second kappa shape index (κ2) is 17.4. The van der Waals surface area contributed by atoms with E-state index in [4.69, 9.17) is 0 Å². The van der Waals surface area contributed by atoms with Crippen molar-refractivity contribution in [1.29, 1.82) is 0 Å². The molecule has 188 valence electrons. The molecule has 31 heavy (non-hydrogen) atoms. The lowest BCUT2D eigenvalue weighted by Crippen LogP contribution is -2.38. The Morgan fingerprint density at radius 3 is 1.19 bits per heavy atom. The fourth-order valence-electron chi connectivity index (χ4n) is 3.84. The minimum Gasteiger partial charge on any atom is -0.308 e. The van der Waals surface area contributed by atoms with Gasteiger partial charge in [-0.3, -0.25) is 0 Å². The lowest BCUT2D eigenvalue weighted by molar-refractivity contribution is -0.0503. The Bertz CT molecular complexity index is 523. The average molecular weight is 489 g/mol. The fraction of sp³-hybridized carbons (Fsp3) is 1.00. The van der Waals surface area contributed by atoms with E-state index < -0.39 is 23.9 Å². The Balaban J connectivity index is 3.45. The Morgan fingerprint density at radius 2 is 0.903 bits per heavy atom. The third kappa shape index (κ3) is 18.1. The van der Waals surface area contributed by atoms with Crippen LogP contribution < -0.4 is 0 Å². The van der Waals surface area contributed by atoms with Crippen LogP contribution in [0.1, 0.15) is 122 Å². The first-order chi connectivity index (χ1) is 14.5. The van der Waals surface area contributed by atoms with Gasteiger partial charge in [0.25, 0.3) is 0 Å². The predicted molar refractivity (Wildman–Crippen MR) is 127 cm³/mol. The maximum absolute atomic E-state index is 12.4. The summed E-state index contributed by atoms with van der Waals surface area (Å²) in [6.45, 7) is 5.32. The summed E-state index contributed by atoms with van der Waals surface area (Å²) in [5, 5.41) is 0. The number of unbranched alkanes of at least 4 members (excludes halogenated alkanes) is 17. The number of halogens is 3. The second-order valence-corrected chi connectivity index (χ2v) is 15.6. The summed E-state index contributed by atoms with van der Waals surface area (Å²) < 4.78 is 64.1. The molecule has 0 amide bonds. The second-order valence-electron chi connectivity index (χ2n) is 9.50. The summed E-state index contributed by atoms with van der Waals surface area (Å²) >= 11 is 0. The normalized spacial score (nSPS) is 13.1. The molecule has 0 aromatic heterocycles. The number of alkyl halides is 3. The molecule has 0 aromatic carbocycles. The maximum atomic E-state index is 12.4. The molecular formula is C23H47F3O3SSi. The molecule has 0 bridgehead atoms. The van der Waals surface area contributed by atoms with E-state index in [9.17, 15) is 21.6 Å². The van der Waals surface area contributed by atoms with E-state index in [1.807, 2.05) is 0 Å². The lowest BCUT2D eigenvalue weighted by atomic mass is 10.0. The van der Waals surface area contributed by atoms with Crippen molar-refractivity contribution in [2.45, 2.75) is 147 Å². The topological polar surface area (TPSA) is 43.4 Å². The summed E-state index contributed by atoms with van der Waals surface area (Å²) in [7, 11) is -8.33. The van der Waals surface area contributed by atoms with Gasteiger partial charge in [0.1, 0.15) is 0 Å². The summed E-state index contributed by atoms with van der Waals surface area (Å²) in [6, 6.07) is 0.432. The summed E-state index contributed by atoms with van der Waals surface area (Å²) in [6.07, 6.45) is 22.7. The van der Waals surface area contributed by atoms with Gasteiger partial charge in [-0.15, -0.1) is 0 Å². The number of hydrogen-bond acceptors (Lipinski definition) is 3. The molecule has 0 saturated carbocycles. The Kier molecular flexibility index (Phi) is 17.4. The first-order valence-electron chi connectivity index (χ1n) is 12.5. The molecule has 0 fully saturated rings. The highest BCUT2D eigenvalue weighted by molar-refractivity contribution is 7.88. The van der Waals surface area contributed by atoms with Crippen LogP contribution in [0.15, 0.2) is 0 Å². The van der Waals surface area contributed by atoms with Crippen molar-refractivity contribution in [3.05, 3.63) is 0 Å². The highest BCUT2D eigenvalue weighted by Crippen LogP contribution is 2.29. The van der Waals surface area contributed by atoms with Crippen LogP contribution in [-0.2, 0) is 14.0 Å². The molecule has 0 unspecified atom stereocenters. The highest BCUT2D eigenvalue weighted by Gasteiger charge is 2.50. The van der Waals surface area contributed by atoms with E-state index in [-0.39, 0.29) is 0 Å². The van der Waals surface area contributed by atoms with Gasteiger partial charge in [-0.25, -0.2) is 0 Å². The monoisotopic (exact) mass is 488 g/mol. The zero-order valence-corrected chi connectivity index (χ0v) is 22.0. The van der Waals surface area contributed by atoms with Crippen molar-refractivity contribution in [3.63, 3.8) is 0 Å². The van der Waals surface area contributed by atoms with Gasteiger partial charge in [0.05, 0.1) is 0 Å². The summed E-state index contributed by atoms with van der Waals surface area (Å²) in [5.41, 5.74) is -5.33. The van der Waals surface area contributed by atoms with Crippen LogP contribution in [0.3, 0.4) is 0 Å². The molecule has 8 heteroatoms. The van der Waals surface area contributed by atoms with E-state index in [1.54, 1.807) is 0 Å². The molecule has 0 spiro atoms. The number of hydrogen-bond donors (Lipinski definition) is 0. The zero-order valence-electron chi connectivity index (χ0n) is 20.2. The van der Waals surface area contributed by atoms with Crippen LogP contribution >= 0.6 is 0 Å². The Labute approximate surface area is 191 Å². The molecule has 0 aromatic rings. The Hall–Kier alpha value is -0.0831. The van der Waals surface area contributed by atoms with Gasteiger partial charge >= 0.3 is 15.6 Å². The fourth-order valence-corrected chi connectivity index (χ4v) is 8.03. The van der Waals surface area contributed by atoms with Crippen LogP contribution in [0.25, 0.3) is 0 Å². The molecule has 0 heterocycles. The van der Waals surface area contributed by atoms with Crippen LogP contribution in [0.2, 0.25) is 19.1 Å². The van der Waals surface area contributed by atoms with Gasteiger partial charge in [-0.1, -0.05) is 122 Å². The molecule has 0 aliphatic heterocycles. The third-order valence-electron chi connectivity index (χ3n) is 5.75. The molecule has 0 radical (unpaired) electrons. The van der Waals surface area contributed by atoms with Gasteiger partial charge in [0.15, 0.2) is 0 Å². The minimum atomic E-state index is -5.47. The lowest BCUT2D eigenvalue weighted by Gasteiger charge is -2.22.